The Morgan fingerprint density at radius 3 is 3.00 bits per heavy atom. The normalized spacial score (nSPS) is 10.6. The van der Waals surface area contributed by atoms with E-state index in [0.717, 1.165) is 11.0 Å². The van der Waals surface area contributed by atoms with E-state index in [1.54, 1.807) is 0 Å². The number of benzene rings is 1. The summed E-state index contributed by atoms with van der Waals surface area (Å²) in [6.07, 6.45) is 0.655. The third-order valence-corrected chi connectivity index (χ3v) is 2.19. The monoisotopic (exact) mass is 206 g/mol. The van der Waals surface area contributed by atoms with Gasteiger partial charge in [-0.15, -0.1) is 5.10 Å². The zero-order valence-corrected chi connectivity index (χ0v) is 8.37. The van der Waals surface area contributed by atoms with E-state index in [1.165, 1.54) is 0 Å². The quantitative estimate of drug-likeness (QED) is 0.764. The molecule has 4 nitrogen and oxygen atoms in total. The molecule has 5 heteroatoms. The van der Waals surface area contributed by atoms with Crippen molar-refractivity contribution in [1.82, 2.24) is 15.0 Å². The van der Waals surface area contributed by atoms with Gasteiger partial charge < -0.3 is 5.73 Å². The van der Waals surface area contributed by atoms with E-state index in [4.69, 9.17) is 18.0 Å². The van der Waals surface area contributed by atoms with Crippen molar-refractivity contribution in [3.63, 3.8) is 0 Å². The van der Waals surface area contributed by atoms with Crippen molar-refractivity contribution < 1.29 is 0 Å². The summed E-state index contributed by atoms with van der Waals surface area (Å²) in [6.45, 7) is 0.690. The van der Waals surface area contributed by atoms with E-state index in [2.05, 4.69) is 10.3 Å². The van der Waals surface area contributed by atoms with Gasteiger partial charge in [0.25, 0.3) is 0 Å². The summed E-state index contributed by atoms with van der Waals surface area (Å²) in [4.78, 5) is 0.504. The molecular weight excluding hydrogens is 196 g/mol. The minimum Gasteiger partial charge on any atom is -0.393 e. The first-order chi connectivity index (χ1) is 6.77. The molecule has 0 unspecified atom stereocenters. The van der Waals surface area contributed by atoms with E-state index in [1.807, 2.05) is 28.9 Å². The fourth-order valence-corrected chi connectivity index (χ4v) is 1.39. The van der Waals surface area contributed by atoms with Crippen LogP contribution in [0.3, 0.4) is 0 Å². The van der Waals surface area contributed by atoms with Crippen molar-refractivity contribution in [2.24, 2.45) is 5.73 Å². The maximum Gasteiger partial charge on any atom is 0.113 e. The van der Waals surface area contributed by atoms with Crippen molar-refractivity contribution in [1.29, 1.82) is 0 Å². The van der Waals surface area contributed by atoms with Crippen molar-refractivity contribution in [2.75, 3.05) is 0 Å². The largest absolute Gasteiger partial charge is 0.393 e. The van der Waals surface area contributed by atoms with Gasteiger partial charge in [-0.1, -0.05) is 29.6 Å². The molecule has 1 heterocycles. The summed E-state index contributed by atoms with van der Waals surface area (Å²) >= 11 is 4.81. The van der Waals surface area contributed by atoms with Crippen LogP contribution in [0.2, 0.25) is 0 Å². The zero-order valence-electron chi connectivity index (χ0n) is 7.55. The van der Waals surface area contributed by atoms with Crippen LogP contribution < -0.4 is 5.73 Å². The molecule has 0 aliphatic heterocycles. The Hall–Kier alpha value is -1.49. The van der Waals surface area contributed by atoms with Crippen molar-refractivity contribution in [3.05, 3.63) is 24.3 Å². The molecule has 0 aliphatic rings. The maximum atomic E-state index is 5.42. The van der Waals surface area contributed by atoms with Crippen LogP contribution >= 0.6 is 12.2 Å². The van der Waals surface area contributed by atoms with E-state index < -0.39 is 0 Å². The van der Waals surface area contributed by atoms with Gasteiger partial charge in [-0.25, -0.2) is 4.68 Å². The van der Waals surface area contributed by atoms with Gasteiger partial charge in [-0.2, -0.15) is 0 Å². The van der Waals surface area contributed by atoms with Gasteiger partial charge in [-0.05, 0) is 12.1 Å². The summed E-state index contributed by atoms with van der Waals surface area (Å²) in [6, 6.07) is 7.81. The Morgan fingerprint density at radius 2 is 2.21 bits per heavy atom. The molecule has 0 saturated heterocycles. The summed E-state index contributed by atoms with van der Waals surface area (Å²) in [5.41, 5.74) is 7.34. The van der Waals surface area contributed by atoms with E-state index in [-0.39, 0.29) is 0 Å². The summed E-state index contributed by atoms with van der Waals surface area (Å²) in [5.74, 6) is 0. The average molecular weight is 206 g/mol. The van der Waals surface area contributed by atoms with E-state index >= 15 is 0 Å². The molecular formula is C9H10N4S. The molecule has 0 bridgehead atoms. The van der Waals surface area contributed by atoms with E-state index in [0.29, 0.717) is 18.0 Å². The molecule has 72 valence electrons. The molecule has 0 radical (unpaired) electrons. The highest BCUT2D eigenvalue weighted by molar-refractivity contribution is 7.80. The lowest BCUT2D eigenvalue weighted by molar-refractivity contribution is 0.625. The van der Waals surface area contributed by atoms with Gasteiger partial charge in [0.1, 0.15) is 5.52 Å². The number of nitrogens with zero attached hydrogens (tertiary/aromatic N) is 3. The highest BCUT2D eigenvalue weighted by atomic mass is 32.1. The molecule has 0 atom stereocenters. The number of rotatable bonds is 3. The Morgan fingerprint density at radius 1 is 1.43 bits per heavy atom. The molecule has 1 aromatic carbocycles. The lowest BCUT2D eigenvalue weighted by Crippen LogP contribution is -2.12. The first-order valence-corrected chi connectivity index (χ1v) is 4.75. The lowest BCUT2D eigenvalue weighted by Gasteiger charge is -1.99. The maximum absolute atomic E-state index is 5.42. The number of aryl methyl sites for hydroxylation is 1. The van der Waals surface area contributed by atoms with Crippen molar-refractivity contribution in [2.45, 2.75) is 13.0 Å². The summed E-state index contributed by atoms with van der Waals surface area (Å²) in [7, 11) is 0. The van der Waals surface area contributed by atoms with E-state index in [9.17, 15) is 0 Å². The van der Waals surface area contributed by atoms with Crippen LogP contribution in [0.25, 0.3) is 11.0 Å². The fraction of sp³-hybridized carbons (Fsp3) is 0.222. The topological polar surface area (TPSA) is 56.7 Å². The smallest absolute Gasteiger partial charge is 0.113 e. The zero-order chi connectivity index (χ0) is 9.97. The van der Waals surface area contributed by atoms with Crippen LogP contribution in [0.1, 0.15) is 6.42 Å². The molecule has 2 aromatic rings. The predicted molar refractivity (Wildman–Crippen MR) is 58.9 cm³/mol. The standard InChI is InChI=1S/C9H10N4S/c10-9(14)5-6-13-8-4-2-1-3-7(8)11-12-13/h1-4H,5-6H2,(H2,10,14). The van der Waals surface area contributed by atoms with Crippen LogP contribution in [-0.2, 0) is 6.54 Å². The highest BCUT2D eigenvalue weighted by Gasteiger charge is 2.02. The second kappa shape index (κ2) is 3.71. The minimum atomic E-state index is 0.504. The highest BCUT2D eigenvalue weighted by Crippen LogP contribution is 2.09. The number of hydrogen-bond donors (Lipinski definition) is 1. The molecule has 0 fully saturated rings. The molecule has 2 rings (SSSR count). The van der Waals surface area contributed by atoms with Crippen LogP contribution in [0.4, 0.5) is 0 Å². The third kappa shape index (κ3) is 1.72. The van der Waals surface area contributed by atoms with Gasteiger partial charge in [0.15, 0.2) is 0 Å². The molecule has 0 aliphatic carbocycles. The van der Waals surface area contributed by atoms with Gasteiger partial charge in [0.2, 0.25) is 0 Å². The molecule has 1 aromatic heterocycles. The Kier molecular flexibility index (Phi) is 2.41. The number of para-hydroxylation sites is 1. The number of nitrogens with two attached hydrogens (primary N) is 1. The molecule has 0 spiro atoms. The van der Waals surface area contributed by atoms with Gasteiger partial charge in [0, 0.05) is 13.0 Å². The second-order valence-electron chi connectivity index (χ2n) is 3.02. The Labute approximate surface area is 86.7 Å². The van der Waals surface area contributed by atoms with Gasteiger partial charge >= 0.3 is 0 Å². The fourth-order valence-electron chi connectivity index (χ4n) is 1.30. The molecule has 14 heavy (non-hydrogen) atoms. The predicted octanol–water partition coefficient (Wildman–Crippen LogP) is 1.11. The SMILES string of the molecule is NC(=S)CCn1nnc2ccccc21. The van der Waals surface area contributed by atoms with Crippen molar-refractivity contribution in [3.8, 4) is 0 Å². The number of fused-ring (bicyclic) bond motifs is 1. The number of thiocarbonyl (C=S) groups is 1. The van der Waals surface area contributed by atoms with Crippen LogP contribution in [0.15, 0.2) is 24.3 Å². The Balaban J connectivity index is 2.29. The van der Waals surface area contributed by atoms with Crippen molar-refractivity contribution >= 4 is 28.2 Å². The second-order valence-corrected chi connectivity index (χ2v) is 3.54. The lowest BCUT2D eigenvalue weighted by atomic mass is 10.3. The van der Waals surface area contributed by atoms with Gasteiger partial charge in [0.05, 0.1) is 10.5 Å². The Bertz CT molecular complexity index is 463. The number of hydrogen-bond acceptors (Lipinski definition) is 3. The van der Waals surface area contributed by atoms with Gasteiger partial charge in [-0.3, -0.25) is 0 Å². The first-order valence-electron chi connectivity index (χ1n) is 4.34. The van der Waals surface area contributed by atoms with Crippen LogP contribution in [0, 0.1) is 0 Å². The van der Waals surface area contributed by atoms with Crippen LogP contribution in [-0.4, -0.2) is 20.0 Å². The summed E-state index contributed by atoms with van der Waals surface area (Å²) in [5, 5.41) is 8.04. The molecule has 0 amide bonds. The molecule has 0 saturated carbocycles. The minimum absolute atomic E-state index is 0.504. The average Bonchev–Trinajstić information content (AvgIpc) is 2.58. The summed E-state index contributed by atoms with van der Waals surface area (Å²) < 4.78 is 1.81. The third-order valence-electron chi connectivity index (χ3n) is 1.99. The molecule has 2 N–H and O–H groups in total. The number of aromatic nitrogens is 3. The van der Waals surface area contributed by atoms with Crippen LogP contribution in [0.5, 0.6) is 0 Å². The first kappa shape index (κ1) is 9.08.